The van der Waals surface area contributed by atoms with Crippen molar-refractivity contribution < 1.29 is 14.3 Å². The Morgan fingerprint density at radius 3 is 2.54 bits per heavy atom. The molecule has 11 heteroatoms. The average Bonchev–Trinajstić information content (AvgIpc) is 3.56. The minimum atomic E-state index is -0.334. The number of hydrogen-bond acceptors (Lipinski definition) is 8. The summed E-state index contributed by atoms with van der Waals surface area (Å²) < 4.78 is 14.5. The second kappa shape index (κ2) is 12.6. The number of nitrogens with one attached hydrogen (secondary N) is 1. The number of para-hydroxylation sites is 1. The monoisotopic (exact) mass is 573 g/mol. The van der Waals surface area contributed by atoms with Crippen LogP contribution in [0.2, 0.25) is 0 Å². The van der Waals surface area contributed by atoms with Crippen molar-refractivity contribution in [1.82, 2.24) is 34.7 Å². The summed E-state index contributed by atoms with van der Waals surface area (Å²) >= 11 is 1.42. The molecule has 0 saturated heterocycles. The van der Waals surface area contributed by atoms with Gasteiger partial charge in [0.25, 0.3) is 0 Å². The SMILES string of the molecule is CC[C@@H](Sc1nc2ccccc2c2nc(CCn3nc(C)cc3C)nn12)C(=O)NCCc1ccc(OC)c(OC)c1. The van der Waals surface area contributed by atoms with Gasteiger partial charge in [-0.05, 0) is 62.6 Å². The summed E-state index contributed by atoms with van der Waals surface area (Å²) in [5.41, 5.74) is 4.72. The quantitative estimate of drug-likeness (QED) is 0.171. The van der Waals surface area contributed by atoms with Crippen LogP contribution >= 0.6 is 11.8 Å². The zero-order valence-electron chi connectivity index (χ0n) is 24.0. The molecule has 214 valence electrons. The highest BCUT2D eigenvalue weighted by molar-refractivity contribution is 8.00. The van der Waals surface area contributed by atoms with Gasteiger partial charge in [0.1, 0.15) is 0 Å². The summed E-state index contributed by atoms with van der Waals surface area (Å²) in [7, 11) is 3.23. The predicted octanol–water partition coefficient (Wildman–Crippen LogP) is 4.58. The van der Waals surface area contributed by atoms with E-state index in [2.05, 4.69) is 16.5 Å². The summed E-state index contributed by atoms with van der Waals surface area (Å²) in [6.07, 6.45) is 1.95. The minimum Gasteiger partial charge on any atom is -0.493 e. The van der Waals surface area contributed by atoms with Gasteiger partial charge in [0.05, 0.1) is 30.7 Å². The Labute approximate surface area is 243 Å². The van der Waals surface area contributed by atoms with E-state index < -0.39 is 0 Å². The van der Waals surface area contributed by atoms with Crippen LogP contribution < -0.4 is 14.8 Å². The van der Waals surface area contributed by atoms with Gasteiger partial charge in [0.2, 0.25) is 5.91 Å². The van der Waals surface area contributed by atoms with Crippen molar-refractivity contribution in [1.29, 1.82) is 0 Å². The van der Waals surface area contributed by atoms with Crippen molar-refractivity contribution in [3.8, 4) is 11.5 Å². The van der Waals surface area contributed by atoms with E-state index >= 15 is 0 Å². The number of nitrogens with zero attached hydrogens (tertiary/aromatic N) is 6. The molecule has 1 N–H and O–H groups in total. The van der Waals surface area contributed by atoms with Gasteiger partial charge < -0.3 is 14.8 Å². The lowest BCUT2D eigenvalue weighted by molar-refractivity contribution is -0.120. The first-order valence-electron chi connectivity index (χ1n) is 13.7. The molecule has 0 aliphatic rings. The molecule has 0 bridgehead atoms. The van der Waals surface area contributed by atoms with Crippen LogP contribution in [0.15, 0.2) is 53.7 Å². The topological polar surface area (TPSA) is 108 Å². The molecule has 3 aromatic heterocycles. The van der Waals surface area contributed by atoms with Gasteiger partial charge >= 0.3 is 0 Å². The van der Waals surface area contributed by atoms with Gasteiger partial charge in [-0.2, -0.15) is 9.61 Å². The number of carbonyl (C=O) groups excluding carboxylic acids is 1. The maximum atomic E-state index is 13.2. The molecule has 0 spiro atoms. The van der Waals surface area contributed by atoms with E-state index in [4.69, 9.17) is 24.5 Å². The predicted molar refractivity (Wildman–Crippen MR) is 160 cm³/mol. The molecule has 10 nitrogen and oxygen atoms in total. The number of benzene rings is 2. The first-order chi connectivity index (χ1) is 19.9. The van der Waals surface area contributed by atoms with E-state index in [0.29, 0.717) is 54.8 Å². The number of ether oxygens (including phenoxy) is 2. The number of thioether (sulfide) groups is 1. The van der Waals surface area contributed by atoms with E-state index in [9.17, 15) is 4.79 Å². The number of aryl methyl sites for hydroxylation is 4. The highest BCUT2D eigenvalue weighted by Crippen LogP contribution is 2.29. The number of rotatable bonds is 12. The van der Waals surface area contributed by atoms with Crippen molar-refractivity contribution in [2.45, 2.75) is 57.0 Å². The van der Waals surface area contributed by atoms with E-state index in [1.165, 1.54) is 11.8 Å². The number of methoxy groups -OCH3 is 2. The zero-order chi connectivity index (χ0) is 28.9. The van der Waals surface area contributed by atoms with Crippen molar-refractivity contribution in [3.63, 3.8) is 0 Å². The van der Waals surface area contributed by atoms with Crippen LogP contribution in [0, 0.1) is 13.8 Å². The molecular formula is C30H35N7O3S. The highest BCUT2D eigenvalue weighted by atomic mass is 32.2. The van der Waals surface area contributed by atoms with E-state index in [-0.39, 0.29) is 11.2 Å². The van der Waals surface area contributed by atoms with Gasteiger partial charge in [-0.15, -0.1) is 5.10 Å². The molecule has 5 rings (SSSR count). The Bertz CT molecular complexity index is 1680. The normalized spacial score (nSPS) is 12.1. The van der Waals surface area contributed by atoms with Gasteiger partial charge in [0, 0.05) is 30.6 Å². The van der Waals surface area contributed by atoms with Crippen molar-refractivity contribution in [2.24, 2.45) is 0 Å². The highest BCUT2D eigenvalue weighted by Gasteiger charge is 2.22. The second-order valence-electron chi connectivity index (χ2n) is 9.82. The van der Waals surface area contributed by atoms with Gasteiger partial charge in [-0.1, -0.05) is 36.9 Å². The lowest BCUT2D eigenvalue weighted by Crippen LogP contribution is -2.34. The molecule has 2 aromatic carbocycles. The van der Waals surface area contributed by atoms with E-state index in [1.807, 2.05) is 67.9 Å². The van der Waals surface area contributed by atoms with Crippen LogP contribution in [0.3, 0.4) is 0 Å². The third-order valence-electron chi connectivity index (χ3n) is 6.92. The van der Waals surface area contributed by atoms with Crippen molar-refractivity contribution >= 4 is 34.2 Å². The summed E-state index contributed by atoms with van der Waals surface area (Å²) in [4.78, 5) is 23.0. The summed E-state index contributed by atoms with van der Waals surface area (Å²) in [5.74, 6) is 2.03. The standard InChI is InChI=1S/C30H35N7O3S/c1-6-26(29(38)31-15-13-21-11-12-24(39-4)25(18-21)40-5)41-30-32-23-10-8-7-9-22(23)28-33-27(35-37(28)30)14-16-36-20(3)17-19(2)34-36/h7-12,17-18,26H,6,13-16H2,1-5H3,(H,31,38)/t26-/m1/s1. The Balaban J connectivity index is 1.32. The third kappa shape index (κ3) is 6.30. The first kappa shape index (κ1) is 28.4. The van der Waals surface area contributed by atoms with Crippen LogP contribution in [-0.2, 0) is 24.2 Å². The molecule has 0 aliphatic heterocycles. The van der Waals surface area contributed by atoms with Gasteiger partial charge in [-0.25, -0.2) is 9.97 Å². The fraction of sp³-hybridized carbons (Fsp3) is 0.367. The number of amides is 1. The maximum absolute atomic E-state index is 13.2. The summed E-state index contributed by atoms with van der Waals surface area (Å²) in [6, 6.07) is 15.8. The molecule has 1 amide bonds. The van der Waals surface area contributed by atoms with Crippen LogP contribution in [0.1, 0.15) is 36.1 Å². The molecule has 0 radical (unpaired) electrons. The first-order valence-corrected chi connectivity index (χ1v) is 14.6. The molecule has 0 fully saturated rings. The smallest absolute Gasteiger partial charge is 0.233 e. The van der Waals surface area contributed by atoms with E-state index in [0.717, 1.165) is 33.5 Å². The lowest BCUT2D eigenvalue weighted by atomic mass is 10.1. The summed E-state index contributed by atoms with van der Waals surface area (Å²) in [5, 5.41) is 13.7. The molecule has 0 unspecified atom stereocenters. The molecule has 3 heterocycles. The molecular weight excluding hydrogens is 538 g/mol. The Morgan fingerprint density at radius 1 is 1.00 bits per heavy atom. The third-order valence-corrected chi connectivity index (χ3v) is 8.22. The van der Waals surface area contributed by atoms with Crippen LogP contribution in [-0.4, -0.2) is 61.3 Å². The fourth-order valence-electron chi connectivity index (χ4n) is 4.79. The minimum absolute atomic E-state index is 0.0362. The Morgan fingerprint density at radius 2 is 1.80 bits per heavy atom. The van der Waals surface area contributed by atoms with E-state index in [1.54, 1.807) is 18.7 Å². The Hall–Kier alpha value is -4.12. The number of fused-ring (bicyclic) bond motifs is 3. The van der Waals surface area contributed by atoms with Crippen LogP contribution in [0.25, 0.3) is 16.6 Å². The number of aromatic nitrogens is 6. The maximum Gasteiger partial charge on any atom is 0.233 e. The van der Waals surface area contributed by atoms with Gasteiger partial charge in [0.15, 0.2) is 28.1 Å². The fourth-order valence-corrected chi connectivity index (χ4v) is 5.78. The zero-order valence-corrected chi connectivity index (χ0v) is 24.9. The number of hydrogen-bond donors (Lipinski definition) is 1. The molecule has 1 atom stereocenters. The molecule has 5 aromatic rings. The van der Waals surface area contributed by atoms with Crippen LogP contribution in [0.4, 0.5) is 0 Å². The Kier molecular flexibility index (Phi) is 8.72. The summed E-state index contributed by atoms with van der Waals surface area (Å²) in [6.45, 7) is 7.23. The van der Waals surface area contributed by atoms with Crippen molar-refractivity contribution in [2.75, 3.05) is 20.8 Å². The van der Waals surface area contributed by atoms with Gasteiger partial charge in [-0.3, -0.25) is 9.48 Å². The molecule has 0 saturated carbocycles. The average molecular weight is 574 g/mol. The molecule has 0 aliphatic carbocycles. The number of carbonyl (C=O) groups is 1. The second-order valence-corrected chi connectivity index (χ2v) is 11.0. The molecule has 41 heavy (non-hydrogen) atoms. The van der Waals surface area contributed by atoms with Crippen LogP contribution in [0.5, 0.6) is 11.5 Å². The largest absolute Gasteiger partial charge is 0.493 e. The lowest BCUT2D eigenvalue weighted by Gasteiger charge is -2.15. The van der Waals surface area contributed by atoms with Crippen molar-refractivity contribution in [3.05, 3.63) is 71.3 Å².